The Balaban J connectivity index is 1.80. The van der Waals surface area contributed by atoms with Gasteiger partial charge in [0.05, 0.1) is 13.2 Å². The number of nitrogens with zero attached hydrogens (tertiary/aromatic N) is 4. The van der Waals surface area contributed by atoms with E-state index in [0.29, 0.717) is 32.1 Å². The number of aliphatic hydroxyl groups excluding tert-OH is 1. The number of nitrogens with one attached hydrogen (secondary N) is 1. The Labute approximate surface area is 112 Å². The minimum absolute atomic E-state index is 0.00177. The average molecular weight is 267 g/mol. The van der Waals surface area contributed by atoms with Crippen molar-refractivity contribution in [2.45, 2.75) is 31.8 Å². The molecular weight excluding hydrogens is 246 g/mol. The molecule has 7 nitrogen and oxygen atoms in total. The molecule has 1 unspecified atom stereocenters. The van der Waals surface area contributed by atoms with Crippen LogP contribution in [-0.4, -0.2) is 63.0 Å². The van der Waals surface area contributed by atoms with Crippen LogP contribution in [0.15, 0.2) is 12.7 Å². The zero-order chi connectivity index (χ0) is 13.5. The summed E-state index contributed by atoms with van der Waals surface area (Å²) < 4.78 is 1.64. The molecule has 7 heteroatoms. The van der Waals surface area contributed by atoms with Crippen LogP contribution in [-0.2, 0) is 11.3 Å². The number of rotatable bonds is 7. The molecule has 0 bridgehead atoms. The summed E-state index contributed by atoms with van der Waals surface area (Å²) in [6, 6.07) is 0.363. The van der Waals surface area contributed by atoms with Gasteiger partial charge in [0, 0.05) is 25.6 Å². The van der Waals surface area contributed by atoms with E-state index >= 15 is 0 Å². The van der Waals surface area contributed by atoms with Gasteiger partial charge in [0.25, 0.3) is 0 Å². The standard InChI is InChI=1S/C12H21N5O2/c18-7-6-16(8-11-2-1-4-14-11)12(19)3-5-17-10-13-9-15-17/h9-11,14,18H,1-8H2. The van der Waals surface area contributed by atoms with Crippen LogP contribution < -0.4 is 5.32 Å². The maximum absolute atomic E-state index is 12.1. The summed E-state index contributed by atoms with van der Waals surface area (Å²) in [6.45, 7) is 2.62. The van der Waals surface area contributed by atoms with Crippen LogP contribution in [0.25, 0.3) is 0 Å². The second-order valence-corrected chi connectivity index (χ2v) is 4.77. The molecule has 0 spiro atoms. The van der Waals surface area contributed by atoms with Crippen molar-refractivity contribution >= 4 is 5.91 Å². The van der Waals surface area contributed by atoms with E-state index in [2.05, 4.69) is 15.4 Å². The van der Waals surface area contributed by atoms with Crippen LogP contribution in [0.5, 0.6) is 0 Å². The second-order valence-electron chi connectivity index (χ2n) is 4.77. The van der Waals surface area contributed by atoms with E-state index in [9.17, 15) is 4.79 Å². The van der Waals surface area contributed by atoms with Crippen molar-refractivity contribution < 1.29 is 9.90 Å². The number of amides is 1. The van der Waals surface area contributed by atoms with Gasteiger partial charge in [-0.05, 0) is 19.4 Å². The molecule has 1 aromatic rings. The summed E-state index contributed by atoms with van der Waals surface area (Å²) in [6.07, 6.45) is 5.69. The van der Waals surface area contributed by atoms with Crippen molar-refractivity contribution in [2.75, 3.05) is 26.2 Å². The molecule has 2 N–H and O–H groups in total. The minimum atomic E-state index is 0.00177. The smallest absolute Gasteiger partial charge is 0.224 e. The molecule has 1 saturated heterocycles. The molecule has 106 valence electrons. The van der Waals surface area contributed by atoms with Crippen LogP contribution in [0.1, 0.15) is 19.3 Å². The van der Waals surface area contributed by atoms with E-state index in [1.165, 1.54) is 6.33 Å². The lowest BCUT2D eigenvalue weighted by molar-refractivity contribution is -0.132. The number of carbonyl (C=O) groups is 1. The predicted molar refractivity (Wildman–Crippen MR) is 69.3 cm³/mol. The number of aliphatic hydroxyl groups is 1. The van der Waals surface area contributed by atoms with Crippen molar-refractivity contribution in [2.24, 2.45) is 0 Å². The Kier molecular flexibility index (Phi) is 5.29. The maximum atomic E-state index is 12.1. The lowest BCUT2D eigenvalue weighted by Crippen LogP contribution is -2.42. The van der Waals surface area contributed by atoms with Gasteiger partial charge in [0.1, 0.15) is 12.7 Å². The molecule has 19 heavy (non-hydrogen) atoms. The predicted octanol–water partition coefficient (Wildman–Crippen LogP) is -0.759. The molecule has 1 atom stereocenters. The molecule has 1 amide bonds. The fourth-order valence-corrected chi connectivity index (χ4v) is 2.33. The summed E-state index contributed by atoms with van der Waals surface area (Å²) in [7, 11) is 0. The third kappa shape index (κ3) is 4.29. The molecule has 1 fully saturated rings. The van der Waals surface area contributed by atoms with Gasteiger partial charge in [-0.1, -0.05) is 0 Å². The van der Waals surface area contributed by atoms with Crippen molar-refractivity contribution in [1.29, 1.82) is 0 Å². The van der Waals surface area contributed by atoms with Gasteiger partial charge in [-0.15, -0.1) is 0 Å². The second kappa shape index (κ2) is 7.20. The van der Waals surface area contributed by atoms with E-state index in [4.69, 9.17) is 5.11 Å². The number of aryl methyl sites for hydroxylation is 1. The normalized spacial score (nSPS) is 18.7. The summed E-state index contributed by atoms with van der Waals surface area (Å²) in [5.74, 6) is 0.0539. The first-order valence-corrected chi connectivity index (χ1v) is 6.74. The number of hydrogen-bond donors (Lipinski definition) is 2. The summed E-state index contributed by atoms with van der Waals surface area (Å²) in [5.41, 5.74) is 0. The van der Waals surface area contributed by atoms with Crippen molar-refractivity contribution in [1.82, 2.24) is 25.0 Å². The molecule has 0 saturated carbocycles. The molecule has 0 aliphatic carbocycles. The number of aromatic nitrogens is 3. The van der Waals surface area contributed by atoms with Gasteiger partial charge in [0.2, 0.25) is 5.91 Å². The van der Waals surface area contributed by atoms with Crippen molar-refractivity contribution in [3.63, 3.8) is 0 Å². The Morgan fingerprint density at radius 1 is 1.58 bits per heavy atom. The zero-order valence-electron chi connectivity index (χ0n) is 11.0. The molecule has 0 radical (unpaired) electrons. The highest BCUT2D eigenvalue weighted by Gasteiger charge is 2.20. The first-order chi connectivity index (χ1) is 9.29. The van der Waals surface area contributed by atoms with Gasteiger partial charge in [0.15, 0.2) is 0 Å². The van der Waals surface area contributed by atoms with Crippen molar-refractivity contribution in [3.8, 4) is 0 Å². The largest absolute Gasteiger partial charge is 0.395 e. The van der Waals surface area contributed by atoms with Gasteiger partial charge >= 0.3 is 0 Å². The number of carbonyl (C=O) groups excluding carboxylic acids is 1. The zero-order valence-corrected chi connectivity index (χ0v) is 11.0. The third-order valence-electron chi connectivity index (χ3n) is 3.35. The summed E-state index contributed by atoms with van der Waals surface area (Å²) in [5, 5.41) is 16.4. The molecule has 2 heterocycles. The topological polar surface area (TPSA) is 83.3 Å². The SMILES string of the molecule is O=C(CCn1cncn1)N(CCO)CC1CCCN1. The van der Waals surface area contributed by atoms with Crippen LogP contribution in [0.3, 0.4) is 0 Å². The molecule has 1 aliphatic rings. The summed E-state index contributed by atoms with van der Waals surface area (Å²) >= 11 is 0. The highest BCUT2D eigenvalue weighted by Crippen LogP contribution is 2.08. The quantitative estimate of drug-likeness (QED) is 0.678. The highest BCUT2D eigenvalue weighted by molar-refractivity contribution is 5.76. The Bertz CT molecular complexity index is 375. The van der Waals surface area contributed by atoms with E-state index in [-0.39, 0.29) is 12.5 Å². The monoisotopic (exact) mass is 267 g/mol. The van der Waals surface area contributed by atoms with Gasteiger partial charge in [-0.3, -0.25) is 9.48 Å². The molecule has 1 aromatic heterocycles. The lowest BCUT2D eigenvalue weighted by atomic mass is 10.2. The van der Waals surface area contributed by atoms with Crippen LogP contribution in [0.2, 0.25) is 0 Å². The first-order valence-electron chi connectivity index (χ1n) is 6.74. The maximum Gasteiger partial charge on any atom is 0.224 e. The highest BCUT2D eigenvalue weighted by atomic mass is 16.3. The Morgan fingerprint density at radius 2 is 2.47 bits per heavy atom. The van der Waals surface area contributed by atoms with E-state index in [0.717, 1.165) is 19.4 Å². The number of hydrogen-bond acceptors (Lipinski definition) is 5. The van der Waals surface area contributed by atoms with Crippen LogP contribution in [0.4, 0.5) is 0 Å². The Morgan fingerprint density at radius 3 is 3.11 bits per heavy atom. The van der Waals surface area contributed by atoms with Crippen molar-refractivity contribution in [3.05, 3.63) is 12.7 Å². The van der Waals surface area contributed by atoms with Gasteiger partial charge < -0.3 is 15.3 Å². The molecule has 1 aliphatic heterocycles. The van der Waals surface area contributed by atoms with E-state index in [1.54, 1.807) is 15.9 Å². The fourth-order valence-electron chi connectivity index (χ4n) is 2.33. The van der Waals surface area contributed by atoms with Crippen LogP contribution >= 0.6 is 0 Å². The van der Waals surface area contributed by atoms with Gasteiger partial charge in [-0.25, -0.2) is 4.98 Å². The molecule has 2 rings (SSSR count). The third-order valence-corrected chi connectivity index (χ3v) is 3.35. The summed E-state index contributed by atoms with van der Waals surface area (Å²) in [4.78, 5) is 17.7. The van der Waals surface area contributed by atoms with Crippen LogP contribution in [0, 0.1) is 0 Å². The fraction of sp³-hybridized carbons (Fsp3) is 0.750. The average Bonchev–Trinajstić information content (AvgIpc) is 3.08. The first kappa shape index (κ1) is 14.0. The Hall–Kier alpha value is -1.47. The minimum Gasteiger partial charge on any atom is -0.395 e. The lowest BCUT2D eigenvalue weighted by Gasteiger charge is -2.25. The molecular formula is C12H21N5O2. The van der Waals surface area contributed by atoms with E-state index < -0.39 is 0 Å². The molecule has 0 aromatic carbocycles. The van der Waals surface area contributed by atoms with Gasteiger partial charge in [-0.2, -0.15) is 5.10 Å². The van der Waals surface area contributed by atoms with E-state index in [1.807, 2.05) is 0 Å².